The number of hydrogen-bond acceptors (Lipinski definition) is 3. The Labute approximate surface area is 131 Å². The maximum atomic E-state index is 5.70. The van der Waals surface area contributed by atoms with E-state index >= 15 is 0 Å². The molecule has 0 bridgehead atoms. The fraction of sp³-hybridized carbons (Fsp3) is 0.333. The highest BCUT2D eigenvalue weighted by Gasteiger charge is 1.96. The van der Waals surface area contributed by atoms with Gasteiger partial charge in [0.25, 0.3) is 0 Å². The van der Waals surface area contributed by atoms with Gasteiger partial charge >= 0.3 is 0 Å². The van der Waals surface area contributed by atoms with Crippen LogP contribution in [0.5, 0.6) is 5.75 Å². The topological polar surface area (TPSA) is 12.5 Å². The van der Waals surface area contributed by atoms with Crippen LogP contribution in [0.2, 0.25) is 0 Å². The van der Waals surface area contributed by atoms with E-state index in [2.05, 4.69) is 49.9 Å². The zero-order valence-electron chi connectivity index (χ0n) is 12.8. The lowest BCUT2D eigenvalue weighted by atomic mass is 10.2. The minimum atomic E-state index is 0.748. The van der Waals surface area contributed by atoms with Gasteiger partial charge < -0.3 is 9.64 Å². The van der Waals surface area contributed by atoms with Crippen molar-refractivity contribution in [3.63, 3.8) is 0 Å². The van der Waals surface area contributed by atoms with Gasteiger partial charge in [0, 0.05) is 17.0 Å². The second kappa shape index (κ2) is 7.87. The van der Waals surface area contributed by atoms with Crippen molar-refractivity contribution in [3.05, 3.63) is 51.7 Å². The lowest BCUT2D eigenvalue weighted by Gasteiger charge is -2.10. The first kappa shape index (κ1) is 15.6. The Balaban J connectivity index is 1.86. The molecular formula is C18H21NOS. The summed E-state index contributed by atoms with van der Waals surface area (Å²) in [6.07, 6.45) is 1.03. The number of nitrogens with zero attached hydrogens (tertiary/aromatic N) is 1. The Morgan fingerprint density at radius 1 is 1.05 bits per heavy atom. The van der Waals surface area contributed by atoms with Gasteiger partial charge in [-0.1, -0.05) is 11.8 Å². The van der Waals surface area contributed by atoms with Crippen LogP contribution in [-0.2, 0) is 0 Å². The van der Waals surface area contributed by atoms with Crippen molar-refractivity contribution in [2.75, 3.05) is 27.2 Å². The molecule has 0 radical (unpaired) electrons. The zero-order valence-corrected chi connectivity index (χ0v) is 13.7. The van der Waals surface area contributed by atoms with Crippen molar-refractivity contribution in [2.24, 2.45) is 0 Å². The molecule has 1 aromatic heterocycles. The van der Waals surface area contributed by atoms with Gasteiger partial charge in [-0.25, -0.2) is 0 Å². The molecular weight excluding hydrogens is 278 g/mol. The van der Waals surface area contributed by atoms with Crippen LogP contribution in [0.4, 0.5) is 0 Å². The summed E-state index contributed by atoms with van der Waals surface area (Å²) < 4.78 is 5.70. The monoisotopic (exact) mass is 299 g/mol. The summed E-state index contributed by atoms with van der Waals surface area (Å²) in [5.41, 5.74) is 1.02. The number of benzene rings is 1. The zero-order chi connectivity index (χ0) is 15.1. The molecule has 110 valence electrons. The molecule has 0 unspecified atom stereocenters. The predicted molar refractivity (Wildman–Crippen MR) is 90.1 cm³/mol. The second-order valence-electron chi connectivity index (χ2n) is 5.19. The molecule has 1 heterocycles. The first-order valence-electron chi connectivity index (χ1n) is 7.09. The highest BCUT2D eigenvalue weighted by atomic mass is 32.1. The van der Waals surface area contributed by atoms with Crippen LogP contribution in [0.15, 0.2) is 36.4 Å². The maximum Gasteiger partial charge on any atom is 0.119 e. The van der Waals surface area contributed by atoms with E-state index in [-0.39, 0.29) is 0 Å². The van der Waals surface area contributed by atoms with Crippen molar-refractivity contribution < 1.29 is 4.74 Å². The van der Waals surface area contributed by atoms with Crippen molar-refractivity contribution >= 4 is 11.3 Å². The summed E-state index contributed by atoms with van der Waals surface area (Å²) in [5, 5.41) is 0. The molecule has 0 aliphatic carbocycles. The standard InChI is InChI=1S/C18H21NOS/c1-15-5-11-18(21-15)12-8-16-6-9-17(10-7-16)20-14-4-13-19(2)3/h5-7,9-11H,4,13-14H2,1-3H3. The molecule has 0 aliphatic rings. The molecule has 0 atom stereocenters. The van der Waals surface area contributed by atoms with Crippen molar-refractivity contribution in [3.8, 4) is 17.6 Å². The van der Waals surface area contributed by atoms with E-state index in [4.69, 9.17) is 4.74 Å². The summed E-state index contributed by atoms with van der Waals surface area (Å²) >= 11 is 1.72. The summed E-state index contributed by atoms with van der Waals surface area (Å²) in [5.74, 6) is 7.28. The molecule has 0 fully saturated rings. The predicted octanol–water partition coefficient (Wildman–Crippen LogP) is 3.79. The maximum absolute atomic E-state index is 5.70. The third-order valence-electron chi connectivity index (χ3n) is 2.94. The largest absolute Gasteiger partial charge is 0.494 e. The number of hydrogen-bond donors (Lipinski definition) is 0. The van der Waals surface area contributed by atoms with Crippen molar-refractivity contribution in [2.45, 2.75) is 13.3 Å². The van der Waals surface area contributed by atoms with E-state index in [1.54, 1.807) is 11.3 Å². The van der Waals surface area contributed by atoms with Crippen LogP contribution in [0.3, 0.4) is 0 Å². The Hall–Kier alpha value is -1.76. The van der Waals surface area contributed by atoms with E-state index < -0.39 is 0 Å². The minimum Gasteiger partial charge on any atom is -0.494 e. The lowest BCUT2D eigenvalue weighted by Crippen LogP contribution is -2.15. The average molecular weight is 299 g/mol. The smallest absolute Gasteiger partial charge is 0.119 e. The third kappa shape index (κ3) is 5.63. The van der Waals surface area contributed by atoms with E-state index in [1.165, 1.54) is 4.88 Å². The molecule has 0 spiro atoms. The summed E-state index contributed by atoms with van der Waals surface area (Å²) in [6, 6.07) is 12.1. The molecule has 0 amide bonds. The van der Waals surface area contributed by atoms with Crippen LogP contribution < -0.4 is 4.74 Å². The first-order chi connectivity index (χ1) is 10.1. The number of rotatable bonds is 5. The molecule has 0 saturated heterocycles. The average Bonchev–Trinajstić information content (AvgIpc) is 2.88. The van der Waals surface area contributed by atoms with Gasteiger partial charge in [0.1, 0.15) is 5.75 Å². The van der Waals surface area contributed by atoms with Gasteiger partial charge in [-0.05, 0) is 63.8 Å². The van der Waals surface area contributed by atoms with Crippen LogP contribution in [0, 0.1) is 18.8 Å². The normalized spacial score (nSPS) is 10.3. The fourth-order valence-electron chi connectivity index (χ4n) is 1.84. The van der Waals surface area contributed by atoms with Gasteiger partial charge in [0.2, 0.25) is 0 Å². The fourth-order valence-corrected chi connectivity index (χ4v) is 2.56. The molecule has 0 aliphatic heterocycles. The highest BCUT2D eigenvalue weighted by Crippen LogP contribution is 2.15. The number of aryl methyl sites for hydroxylation is 1. The van der Waals surface area contributed by atoms with Gasteiger partial charge in [-0.3, -0.25) is 0 Å². The van der Waals surface area contributed by atoms with E-state index in [0.717, 1.165) is 35.8 Å². The summed E-state index contributed by atoms with van der Waals surface area (Å²) in [4.78, 5) is 4.56. The highest BCUT2D eigenvalue weighted by molar-refractivity contribution is 7.12. The van der Waals surface area contributed by atoms with Gasteiger partial charge in [-0.15, -0.1) is 11.3 Å². The lowest BCUT2D eigenvalue weighted by molar-refractivity contribution is 0.281. The molecule has 0 saturated carbocycles. The van der Waals surface area contributed by atoms with Gasteiger partial charge in [0.15, 0.2) is 0 Å². The molecule has 1 aromatic carbocycles. The molecule has 2 nitrogen and oxygen atoms in total. The van der Waals surface area contributed by atoms with Gasteiger partial charge in [-0.2, -0.15) is 0 Å². The minimum absolute atomic E-state index is 0.748. The van der Waals surface area contributed by atoms with Crippen LogP contribution in [0.25, 0.3) is 0 Å². The Kier molecular flexibility index (Phi) is 5.86. The Morgan fingerprint density at radius 2 is 1.81 bits per heavy atom. The SMILES string of the molecule is Cc1ccc(C#Cc2ccc(OCCCN(C)C)cc2)s1. The quantitative estimate of drug-likeness (QED) is 0.615. The van der Waals surface area contributed by atoms with Crippen LogP contribution >= 0.6 is 11.3 Å². The number of thiophene rings is 1. The van der Waals surface area contributed by atoms with Gasteiger partial charge in [0.05, 0.1) is 11.5 Å². The summed E-state index contributed by atoms with van der Waals surface area (Å²) in [6.45, 7) is 3.89. The van der Waals surface area contributed by atoms with E-state index in [9.17, 15) is 0 Å². The molecule has 21 heavy (non-hydrogen) atoms. The Morgan fingerprint density at radius 3 is 2.43 bits per heavy atom. The molecule has 2 rings (SSSR count). The molecule has 0 N–H and O–H groups in total. The van der Waals surface area contributed by atoms with Crippen LogP contribution in [-0.4, -0.2) is 32.1 Å². The third-order valence-corrected chi connectivity index (χ3v) is 3.86. The molecule has 2 aromatic rings. The number of ether oxygens (including phenoxy) is 1. The van der Waals surface area contributed by atoms with E-state index in [0.29, 0.717) is 0 Å². The van der Waals surface area contributed by atoms with E-state index in [1.807, 2.05) is 24.3 Å². The van der Waals surface area contributed by atoms with Crippen LogP contribution in [0.1, 0.15) is 21.7 Å². The summed E-state index contributed by atoms with van der Waals surface area (Å²) in [7, 11) is 4.14. The molecule has 3 heteroatoms. The first-order valence-corrected chi connectivity index (χ1v) is 7.91. The van der Waals surface area contributed by atoms with Crippen molar-refractivity contribution in [1.82, 2.24) is 4.90 Å². The second-order valence-corrected chi connectivity index (χ2v) is 6.48. The van der Waals surface area contributed by atoms with Crippen molar-refractivity contribution in [1.29, 1.82) is 0 Å². The Bertz CT molecular complexity index is 617.